The Labute approximate surface area is 152 Å². The quantitative estimate of drug-likeness (QED) is 0.815. The summed E-state index contributed by atoms with van der Waals surface area (Å²) in [6, 6.07) is -0.200. The number of hydrogen-bond acceptors (Lipinski definition) is 4. The summed E-state index contributed by atoms with van der Waals surface area (Å²) in [5.41, 5.74) is 2.53. The molecule has 138 valence electrons. The van der Waals surface area contributed by atoms with Gasteiger partial charge in [-0.15, -0.1) is 0 Å². The summed E-state index contributed by atoms with van der Waals surface area (Å²) < 4.78 is 14.1. The molecular weight excluding hydrogens is 333 g/mol. The van der Waals surface area contributed by atoms with Crippen LogP contribution in [0.5, 0.6) is 0 Å². The van der Waals surface area contributed by atoms with Gasteiger partial charge in [0.2, 0.25) is 5.91 Å². The van der Waals surface area contributed by atoms with E-state index in [0.717, 1.165) is 22.7 Å². The second-order valence-corrected chi connectivity index (χ2v) is 7.52. The number of nitrogens with two attached hydrogens (primary N) is 1. The van der Waals surface area contributed by atoms with E-state index >= 15 is 0 Å². The molecule has 4 rings (SSSR count). The van der Waals surface area contributed by atoms with Gasteiger partial charge in [0, 0.05) is 24.9 Å². The summed E-state index contributed by atoms with van der Waals surface area (Å²) in [5, 5.41) is 1.58. The van der Waals surface area contributed by atoms with E-state index in [0.29, 0.717) is 25.8 Å². The van der Waals surface area contributed by atoms with Crippen molar-refractivity contribution in [1.82, 2.24) is 19.9 Å². The molecule has 1 aromatic heterocycles. The topological polar surface area (TPSA) is 78.2 Å². The van der Waals surface area contributed by atoms with Crippen molar-refractivity contribution in [2.45, 2.75) is 44.8 Å². The van der Waals surface area contributed by atoms with Crippen LogP contribution in [0.1, 0.15) is 44.1 Å². The molecule has 0 bridgehead atoms. The molecule has 6 nitrogen and oxygen atoms in total. The maximum Gasteiger partial charge on any atom is 0.229 e. The lowest BCUT2D eigenvalue weighted by atomic mass is 9.97. The lowest BCUT2D eigenvalue weighted by Gasteiger charge is -2.35. The van der Waals surface area contributed by atoms with Crippen LogP contribution in [0.4, 0.5) is 4.39 Å². The second kappa shape index (κ2) is 6.09. The molecule has 3 heterocycles. The molecule has 1 fully saturated rings. The zero-order chi connectivity index (χ0) is 18.5. The van der Waals surface area contributed by atoms with Crippen molar-refractivity contribution in [2.75, 3.05) is 6.54 Å². The van der Waals surface area contributed by atoms with Crippen LogP contribution in [0.25, 0.3) is 0 Å². The SMILES string of the molecule is CC1=CC=CN(N)/C1=C\C[C@H]1c2nc[nH]c2CCN1C(=O)[C@H]1CC1(C)F. The predicted molar refractivity (Wildman–Crippen MR) is 96.0 cm³/mol. The van der Waals surface area contributed by atoms with E-state index in [9.17, 15) is 9.18 Å². The summed E-state index contributed by atoms with van der Waals surface area (Å²) in [6.07, 6.45) is 11.0. The molecule has 1 aromatic rings. The first kappa shape index (κ1) is 17.0. The number of nitrogens with zero attached hydrogens (tertiary/aromatic N) is 3. The number of rotatable bonds is 3. The Morgan fingerprint density at radius 1 is 1.58 bits per heavy atom. The molecule has 3 atom stereocenters. The van der Waals surface area contributed by atoms with E-state index in [2.05, 4.69) is 9.97 Å². The minimum Gasteiger partial charge on any atom is -0.348 e. The van der Waals surface area contributed by atoms with Gasteiger partial charge in [0.25, 0.3) is 0 Å². The zero-order valence-corrected chi connectivity index (χ0v) is 15.1. The number of nitrogens with one attached hydrogen (secondary N) is 1. The zero-order valence-electron chi connectivity index (χ0n) is 15.1. The minimum absolute atomic E-state index is 0.104. The van der Waals surface area contributed by atoms with Gasteiger partial charge in [-0.1, -0.05) is 12.2 Å². The third-order valence-electron chi connectivity index (χ3n) is 5.61. The van der Waals surface area contributed by atoms with Crippen LogP contribution in [0.3, 0.4) is 0 Å². The Balaban J connectivity index is 1.61. The van der Waals surface area contributed by atoms with E-state index in [1.165, 1.54) is 6.92 Å². The molecule has 7 heteroatoms. The molecule has 0 spiro atoms. The fraction of sp³-hybridized carbons (Fsp3) is 0.474. The lowest BCUT2D eigenvalue weighted by molar-refractivity contribution is -0.136. The van der Waals surface area contributed by atoms with E-state index < -0.39 is 11.6 Å². The van der Waals surface area contributed by atoms with Crippen LogP contribution in [-0.2, 0) is 11.2 Å². The fourth-order valence-corrected chi connectivity index (χ4v) is 3.88. The highest BCUT2D eigenvalue weighted by atomic mass is 19.1. The van der Waals surface area contributed by atoms with Crippen LogP contribution >= 0.6 is 0 Å². The van der Waals surface area contributed by atoms with Crippen molar-refractivity contribution in [3.8, 4) is 0 Å². The van der Waals surface area contributed by atoms with Gasteiger partial charge >= 0.3 is 0 Å². The summed E-state index contributed by atoms with van der Waals surface area (Å²) in [7, 11) is 0. The Kier molecular flexibility index (Phi) is 3.99. The molecule has 1 amide bonds. The molecule has 0 aromatic carbocycles. The third-order valence-corrected chi connectivity index (χ3v) is 5.61. The lowest BCUT2D eigenvalue weighted by Crippen LogP contribution is -2.42. The number of allylic oxidation sites excluding steroid dienone is 3. The number of alkyl halides is 1. The van der Waals surface area contributed by atoms with E-state index in [4.69, 9.17) is 5.84 Å². The summed E-state index contributed by atoms with van der Waals surface area (Å²) in [6.45, 7) is 4.08. The predicted octanol–water partition coefficient (Wildman–Crippen LogP) is 2.51. The van der Waals surface area contributed by atoms with Gasteiger partial charge in [0.1, 0.15) is 5.67 Å². The van der Waals surface area contributed by atoms with Crippen LogP contribution < -0.4 is 5.84 Å². The van der Waals surface area contributed by atoms with Gasteiger partial charge in [0.05, 0.1) is 29.7 Å². The number of fused-ring (bicyclic) bond motifs is 1. The van der Waals surface area contributed by atoms with E-state index in [1.54, 1.807) is 22.4 Å². The molecule has 0 radical (unpaired) electrons. The van der Waals surface area contributed by atoms with Crippen molar-refractivity contribution >= 4 is 5.91 Å². The van der Waals surface area contributed by atoms with Crippen molar-refractivity contribution < 1.29 is 9.18 Å². The van der Waals surface area contributed by atoms with Gasteiger partial charge in [-0.2, -0.15) is 0 Å². The highest BCUT2D eigenvalue weighted by Crippen LogP contribution is 2.49. The molecule has 2 aliphatic heterocycles. The summed E-state index contributed by atoms with van der Waals surface area (Å²) in [5.74, 6) is 5.40. The van der Waals surface area contributed by atoms with Crippen molar-refractivity contribution in [3.05, 3.63) is 53.4 Å². The molecule has 26 heavy (non-hydrogen) atoms. The van der Waals surface area contributed by atoms with Gasteiger partial charge in [-0.25, -0.2) is 15.2 Å². The van der Waals surface area contributed by atoms with Gasteiger partial charge in [-0.3, -0.25) is 9.80 Å². The number of hydrazine groups is 1. The van der Waals surface area contributed by atoms with Crippen LogP contribution in [0.15, 0.2) is 42.0 Å². The smallest absolute Gasteiger partial charge is 0.229 e. The number of hydrogen-bond donors (Lipinski definition) is 2. The Hall–Kier alpha value is -2.41. The van der Waals surface area contributed by atoms with Crippen LogP contribution in [-0.4, -0.2) is 38.0 Å². The fourth-order valence-electron chi connectivity index (χ4n) is 3.88. The first-order valence-corrected chi connectivity index (χ1v) is 8.99. The number of aromatic amines is 1. The third kappa shape index (κ3) is 2.86. The molecule has 3 aliphatic rings. The Bertz CT molecular complexity index is 822. The molecule has 1 aliphatic carbocycles. The number of amides is 1. The van der Waals surface area contributed by atoms with E-state index in [-0.39, 0.29) is 11.9 Å². The molecule has 1 unspecified atom stereocenters. The number of H-pyrrole nitrogens is 1. The molecule has 1 saturated carbocycles. The molecular formula is C19H24FN5O. The number of carbonyl (C=O) groups excluding carboxylic acids is 1. The average Bonchev–Trinajstić information content (AvgIpc) is 3.02. The highest BCUT2D eigenvalue weighted by molar-refractivity contribution is 5.84. The Morgan fingerprint density at radius 3 is 3.04 bits per heavy atom. The second-order valence-electron chi connectivity index (χ2n) is 7.52. The number of aromatic nitrogens is 2. The van der Waals surface area contributed by atoms with Gasteiger partial charge in [-0.05, 0) is 38.3 Å². The standard InChI is InChI=1S/C19H24FN5O/c1-12-4-3-8-25(21)15(12)5-6-16-17-14(22-11-23-17)7-9-24(16)18(26)13-10-19(13,2)20/h3-5,8,11,13,16H,6-7,9-10,21H2,1-2H3,(H,22,23)/b15-5-/t13-,16+,19?/m1/s1. The monoisotopic (exact) mass is 357 g/mol. The van der Waals surface area contributed by atoms with Crippen LogP contribution in [0, 0.1) is 5.92 Å². The maximum atomic E-state index is 14.1. The van der Waals surface area contributed by atoms with Crippen molar-refractivity contribution in [3.63, 3.8) is 0 Å². The maximum absolute atomic E-state index is 14.1. The van der Waals surface area contributed by atoms with E-state index in [1.807, 2.05) is 25.2 Å². The van der Waals surface area contributed by atoms with Gasteiger partial charge in [0.15, 0.2) is 0 Å². The largest absolute Gasteiger partial charge is 0.348 e. The van der Waals surface area contributed by atoms with Gasteiger partial charge < -0.3 is 9.88 Å². The van der Waals surface area contributed by atoms with Crippen LogP contribution in [0.2, 0.25) is 0 Å². The van der Waals surface area contributed by atoms with Crippen molar-refractivity contribution in [2.24, 2.45) is 11.8 Å². The summed E-state index contributed by atoms with van der Waals surface area (Å²) in [4.78, 5) is 22.3. The first-order valence-electron chi connectivity index (χ1n) is 8.99. The minimum atomic E-state index is -1.37. The van der Waals surface area contributed by atoms with Crippen molar-refractivity contribution in [1.29, 1.82) is 0 Å². The molecule has 3 N–H and O–H groups in total. The number of carbonyl (C=O) groups is 1. The first-order chi connectivity index (χ1) is 12.4. The Morgan fingerprint density at radius 2 is 2.35 bits per heavy atom. The average molecular weight is 357 g/mol. The highest BCUT2D eigenvalue weighted by Gasteiger charge is 2.57. The summed E-state index contributed by atoms with van der Waals surface area (Å²) >= 11 is 0. The number of halogens is 1. The normalized spacial score (nSPS) is 31.8. The number of imidazole rings is 1. The molecule has 0 saturated heterocycles.